The Morgan fingerprint density at radius 2 is 1.14 bits per heavy atom. The molecule has 12 nitrogen and oxygen atoms in total. The first-order valence-corrected chi connectivity index (χ1v) is 16.0. The van der Waals surface area contributed by atoms with E-state index in [4.69, 9.17) is 57.9 Å². The van der Waals surface area contributed by atoms with Crippen LogP contribution in [0.25, 0.3) is 11.1 Å². The average molecular weight is 778 g/mol. The van der Waals surface area contributed by atoms with E-state index in [1.807, 2.05) is 0 Å². The Bertz CT molecular complexity index is 1460. The van der Waals surface area contributed by atoms with Gasteiger partial charge in [0.15, 0.2) is 20.6 Å². The van der Waals surface area contributed by atoms with Crippen molar-refractivity contribution in [2.24, 2.45) is 0 Å². The second-order valence-corrected chi connectivity index (χ2v) is 12.4. The molecule has 4 aromatic rings. The van der Waals surface area contributed by atoms with Crippen LogP contribution < -0.4 is 22.1 Å². The lowest BCUT2D eigenvalue weighted by Crippen LogP contribution is -2.17. The predicted molar refractivity (Wildman–Crippen MR) is 180 cm³/mol. The summed E-state index contributed by atoms with van der Waals surface area (Å²) in [6, 6.07) is 5.76. The number of nitrogens with two attached hydrogens (primary N) is 2. The highest BCUT2D eigenvalue weighted by Gasteiger charge is 2.20. The van der Waals surface area contributed by atoms with E-state index < -0.39 is 0 Å². The third-order valence-corrected chi connectivity index (χ3v) is 8.23. The number of aromatic nitrogens is 8. The lowest BCUT2D eigenvalue weighted by atomic mass is 10.1. The van der Waals surface area contributed by atoms with E-state index in [2.05, 4.69) is 73.6 Å². The van der Waals surface area contributed by atoms with Crippen LogP contribution in [0.15, 0.2) is 30.6 Å². The fraction of sp³-hybridized carbons (Fsp3) is 0.385. The molecule has 6 N–H and O–H groups in total. The van der Waals surface area contributed by atoms with Gasteiger partial charge in [-0.15, -0.1) is 20.4 Å². The van der Waals surface area contributed by atoms with Gasteiger partial charge in [-0.3, -0.25) is 0 Å². The summed E-state index contributed by atoms with van der Waals surface area (Å²) in [6.07, 6.45) is 13.1. The van der Waals surface area contributed by atoms with Crippen LogP contribution in [0.1, 0.15) is 51.4 Å². The minimum Gasteiger partial charge on any atom is -0.368 e. The summed E-state index contributed by atoms with van der Waals surface area (Å²) in [6.45, 7) is 0. The average Bonchev–Trinajstić information content (AvgIpc) is 3.70. The first kappa shape index (κ1) is 33.3. The molecule has 0 spiro atoms. The zero-order valence-electron chi connectivity index (χ0n) is 22.8. The van der Waals surface area contributed by atoms with Crippen LogP contribution >= 0.6 is 69.0 Å². The molecule has 0 amide bonds. The highest BCUT2D eigenvalue weighted by molar-refractivity contribution is 14.1. The molecule has 2 saturated carbocycles. The molecule has 2 aliphatic carbocycles. The monoisotopic (exact) mass is 776 g/mol. The van der Waals surface area contributed by atoms with E-state index in [1.165, 1.54) is 38.5 Å². The minimum atomic E-state index is 0.212. The number of hydrogen-bond donors (Lipinski definition) is 4. The van der Waals surface area contributed by atoms with Crippen molar-refractivity contribution in [3.8, 4) is 11.1 Å². The van der Waals surface area contributed by atoms with Gasteiger partial charge in [0.25, 0.3) is 0 Å². The second-order valence-electron chi connectivity index (χ2n) is 9.72. The molecule has 0 atom stereocenters. The summed E-state index contributed by atoms with van der Waals surface area (Å²) in [5.41, 5.74) is 12.6. The van der Waals surface area contributed by atoms with Crippen LogP contribution in [0, 0.1) is 3.57 Å². The predicted octanol–water partition coefficient (Wildman–Crippen LogP) is 6.98. The van der Waals surface area contributed by atoms with Gasteiger partial charge in [-0.2, -0.15) is 9.97 Å². The molecule has 228 valence electrons. The van der Waals surface area contributed by atoms with Crippen molar-refractivity contribution in [3.63, 3.8) is 0 Å². The van der Waals surface area contributed by atoms with Crippen molar-refractivity contribution in [3.05, 3.63) is 54.8 Å². The number of nitrogens with zero attached hydrogens (tertiary/aromatic N) is 8. The molecule has 43 heavy (non-hydrogen) atoms. The molecule has 4 heterocycles. The molecule has 0 aliphatic heterocycles. The number of anilines is 4. The maximum Gasteiger partial charge on any atom is 0.221 e. The lowest BCUT2D eigenvalue weighted by Gasteiger charge is -2.16. The normalized spacial score (nSPS) is 14.8. The fourth-order valence-electron chi connectivity index (χ4n) is 4.55. The Kier molecular flexibility index (Phi) is 12.8. The SMILES string of the molecule is Clc1ccc(Cl)nn1.Nc1ncc(-c2cc(Cl)nnc2Cl)c(NC2CCCC2)n1.Nc1ncc(I)c(NC2CCCC2)n1. The molecule has 2 fully saturated rings. The van der Waals surface area contributed by atoms with Crippen LogP contribution in [-0.2, 0) is 0 Å². The molecular weight excluding hydrogens is 749 g/mol. The van der Waals surface area contributed by atoms with E-state index >= 15 is 0 Å². The molecule has 2 aliphatic rings. The Labute approximate surface area is 282 Å². The first-order chi connectivity index (χ1) is 20.7. The number of hydrogen-bond acceptors (Lipinski definition) is 12. The van der Waals surface area contributed by atoms with E-state index in [-0.39, 0.29) is 16.3 Å². The summed E-state index contributed by atoms with van der Waals surface area (Å²) >= 11 is 25.0. The fourth-order valence-corrected chi connectivity index (χ4v) is 5.51. The van der Waals surface area contributed by atoms with Crippen LogP contribution in [-0.4, -0.2) is 52.4 Å². The van der Waals surface area contributed by atoms with E-state index in [1.54, 1.807) is 30.6 Å². The number of nitrogens with one attached hydrogen (secondary N) is 2. The molecule has 0 radical (unpaired) electrons. The van der Waals surface area contributed by atoms with Gasteiger partial charge in [-0.05, 0) is 66.5 Å². The zero-order valence-corrected chi connectivity index (χ0v) is 28.0. The van der Waals surface area contributed by atoms with Crippen molar-refractivity contribution in [2.45, 2.75) is 63.5 Å². The highest BCUT2D eigenvalue weighted by atomic mass is 127. The van der Waals surface area contributed by atoms with Gasteiger partial charge in [0.2, 0.25) is 11.9 Å². The topological polar surface area (TPSA) is 179 Å². The quantitative estimate of drug-likeness (QED) is 0.153. The van der Waals surface area contributed by atoms with Gasteiger partial charge in [-0.1, -0.05) is 72.1 Å². The van der Waals surface area contributed by atoms with Gasteiger partial charge >= 0.3 is 0 Å². The van der Waals surface area contributed by atoms with Crippen molar-refractivity contribution in [2.75, 3.05) is 22.1 Å². The summed E-state index contributed by atoms with van der Waals surface area (Å²) in [7, 11) is 0. The van der Waals surface area contributed by atoms with E-state index in [0.29, 0.717) is 39.7 Å². The molecule has 0 saturated heterocycles. The minimum absolute atomic E-state index is 0.212. The maximum atomic E-state index is 6.11. The Hall–Kier alpha value is -2.59. The molecule has 0 bridgehead atoms. The molecule has 0 aromatic carbocycles. The number of rotatable bonds is 5. The maximum absolute atomic E-state index is 6.11. The molecular formula is C26H29Cl4IN12. The summed E-state index contributed by atoms with van der Waals surface area (Å²) in [4.78, 5) is 16.4. The van der Waals surface area contributed by atoms with Gasteiger partial charge < -0.3 is 22.1 Å². The zero-order chi connectivity index (χ0) is 30.8. The Morgan fingerprint density at radius 1 is 0.651 bits per heavy atom. The van der Waals surface area contributed by atoms with Gasteiger partial charge in [0.05, 0.1) is 3.57 Å². The van der Waals surface area contributed by atoms with Crippen LogP contribution in [0.3, 0.4) is 0 Å². The third-order valence-electron chi connectivity index (χ3n) is 6.57. The summed E-state index contributed by atoms with van der Waals surface area (Å²) in [5.74, 6) is 2.08. The molecule has 17 heteroatoms. The van der Waals surface area contributed by atoms with Crippen LogP contribution in [0.2, 0.25) is 20.6 Å². The summed E-state index contributed by atoms with van der Waals surface area (Å²) in [5, 5.41) is 22.5. The van der Waals surface area contributed by atoms with Gasteiger partial charge in [0, 0.05) is 35.6 Å². The van der Waals surface area contributed by atoms with Gasteiger partial charge in [-0.25, -0.2) is 9.97 Å². The van der Waals surface area contributed by atoms with Crippen LogP contribution in [0.5, 0.6) is 0 Å². The Balaban J connectivity index is 0.000000165. The molecule has 4 aromatic heterocycles. The second kappa shape index (κ2) is 16.5. The van der Waals surface area contributed by atoms with E-state index in [0.717, 1.165) is 27.8 Å². The summed E-state index contributed by atoms with van der Waals surface area (Å²) < 4.78 is 1.03. The number of halogens is 5. The number of nitrogen functional groups attached to an aromatic ring is 2. The van der Waals surface area contributed by atoms with Crippen molar-refractivity contribution < 1.29 is 0 Å². The highest BCUT2D eigenvalue weighted by Crippen LogP contribution is 2.34. The van der Waals surface area contributed by atoms with Crippen molar-refractivity contribution in [1.82, 2.24) is 40.3 Å². The largest absolute Gasteiger partial charge is 0.368 e. The molecule has 6 rings (SSSR count). The third kappa shape index (κ3) is 10.5. The standard InChI is InChI=1S/C13H14Cl2N6.C9H13IN4.C4H2Cl2N2/c14-10-5-8(11(15)21-20-10)9-6-17-13(16)19-12(9)18-7-3-1-2-4-7;10-7-5-12-9(11)14-8(7)13-6-3-1-2-4-6;5-3-1-2-4(6)8-7-3/h5-7H,1-4H2,(H3,16,17,18,19);5-6H,1-4H2,(H3,11,12,13,14);1-2H. The first-order valence-electron chi connectivity index (χ1n) is 13.5. The van der Waals surface area contributed by atoms with Crippen molar-refractivity contribution in [1.29, 1.82) is 0 Å². The lowest BCUT2D eigenvalue weighted by molar-refractivity contribution is 0.749. The van der Waals surface area contributed by atoms with Crippen LogP contribution in [0.4, 0.5) is 23.5 Å². The molecule has 0 unspecified atom stereocenters. The van der Waals surface area contributed by atoms with Crippen molar-refractivity contribution >= 4 is 92.5 Å². The van der Waals surface area contributed by atoms with Gasteiger partial charge in [0.1, 0.15) is 11.6 Å². The smallest absolute Gasteiger partial charge is 0.221 e. The Morgan fingerprint density at radius 3 is 1.70 bits per heavy atom. The van der Waals surface area contributed by atoms with E-state index in [9.17, 15) is 0 Å².